The monoisotopic (exact) mass is 589 g/mol. The van der Waals surface area contributed by atoms with E-state index in [9.17, 15) is 18.0 Å². The molecule has 0 aliphatic rings. The zero-order chi connectivity index (χ0) is 28.6. The SMILES string of the molecule is CC[C@@H](C(=O)NCC(C)C)N(Cc1ccc(Cl)cc1)C(=O)CN(c1ccccc1Cl)S(=O)(=O)c1ccccc1. The number of hydrogen-bond acceptors (Lipinski definition) is 4. The number of hydrogen-bond donors (Lipinski definition) is 1. The number of sulfonamides is 1. The minimum Gasteiger partial charge on any atom is -0.354 e. The molecule has 1 N–H and O–H groups in total. The molecule has 39 heavy (non-hydrogen) atoms. The van der Waals surface area contributed by atoms with E-state index >= 15 is 0 Å². The number of nitrogens with zero attached hydrogens (tertiary/aromatic N) is 2. The lowest BCUT2D eigenvalue weighted by molar-refractivity contribution is -0.140. The zero-order valence-corrected chi connectivity index (χ0v) is 24.5. The highest BCUT2D eigenvalue weighted by molar-refractivity contribution is 7.92. The van der Waals surface area contributed by atoms with Gasteiger partial charge >= 0.3 is 0 Å². The van der Waals surface area contributed by atoms with Crippen molar-refractivity contribution in [1.82, 2.24) is 10.2 Å². The molecule has 0 aliphatic heterocycles. The van der Waals surface area contributed by atoms with E-state index < -0.39 is 28.5 Å². The summed E-state index contributed by atoms with van der Waals surface area (Å²) in [4.78, 5) is 28.7. The third-order valence-electron chi connectivity index (χ3n) is 6.07. The Bertz CT molecular complexity index is 1370. The Balaban J connectivity index is 2.04. The first-order chi connectivity index (χ1) is 18.5. The molecule has 0 saturated carbocycles. The summed E-state index contributed by atoms with van der Waals surface area (Å²) in [7, 11) is -4.17. The van der Waals surface area contributed by atoms with Crippen LogP contribution in [0.1, 0.15) is 32.8 Å². The standard InChI is InChI=1S/C29H33Cl2N3O4S/c1-4-26(29(36)32-18-21(2)3)33(19-22-14-16-23(30)17-15-22)28(35)20-34(27-13-9-8-12-25(27)31)39(37,38)24-10-6-5-7-11-24/h5-17,21,26H,4,18-20H2,1-3H3,(H,32,36)/t26-/m0/s1. The Morgan fingerprint density at radius 2 is 1.51 bits per heavy atom. The Morgan fingerprint density at radius 3 is 2.10 bits per heavy atom. The second-order valence-corrected chi connectivity index (χ2v) is 12.2. The van der Waals surface area contributed by atoms with Crippen LogP contribution in [0, 0.1) is 5.92 Å². The fourth-order valence-electron chi connectivity index (χ4n) is 4.02. The highest BCUT2D eigenvalue weighted by Gasteiger charge is 2.34. The molecule has 0 bridgehead atoms. The topological polar surface area (TPSA) is 86.8 Å². The van der Waals surface area contributed by atoms with E-state index in [1.54, 1.807) is 66.7 Å². The van der Waals surface area contributed by atoms with Gasteiger partial charge in [-0.05, 0) is 54.3 Å². The van der Waals surface area contributed by atoms with Gasteiger partial charge in [0.15, 0.2) is 0 Å². The van der Waals surface area contributed by atoms with Gasteiger partial charge in [-0.2, -0.15) is 0 Å². The molecule has 3 aromatic rings. The number of rotatable bonds is 12. The first-order valence-electron chi connectivity index (χ1n) is 12.7. The molecule has 1 atom stereocenters. The summed E-state index contributed by atoms with van der Waals surface area (Å²) in [6.45, 7) is 5.76. The van der Waals surface area contributed by atoms with Crippen LogP contribution in [-0.2, 0) is 26.2 Å². The molecular formula is C29H33Cl2N3O4S. The molecular weight excluding hydrogens is 557 g/mol. The van der Waals surface area contributed by atoms with Crippen molar-refractivity contribution in [3.05, 3.63) is 94.5 Å². The first kappa shape index (κ1) is 30.5. The Labute approximate surface area is 240 Å². The molecule has 3 rings (SSSR count). The average Bonchev–Trinajstić information content (AvgIpc) is 2.92. The van der Waals surface area contributed by atoms with Gasteiger partial charge in [0.25, 0.3) is 10.0 Å². The molecule has 2 amide bonds. The minimum absolute atomic E-state index is 0.0173. The summed E-state index contributed by atoms with van der Waals surface area (Å²) in [5, 5.41) is 3.62. The number of carbonyl (C=O) groups is 2. The molecule has 0 radical (unpaired) electrons. The van der Waals surface area contributed by atoms with E-state index in [2.05, 4.69) is 5.32 Å². The third-order valence-corrected chi connectivity index (χ3v) is 8.41. The summed E-state index contributed by atoms with van der Waals surface area (Å²) in [5.41, 5.74) is 0.915. The van der Waals surface area contributed by atoms with Crippen LogP contribution in [0.4, 0.5) is 5.69 Å². The number of para-hydroxylation sites is 1. The van der Waals surface area contributed by atoms with Crippen LogP contribution >= 0.6 is 23.2 Å². The highest BCUT2D eigenvalue weighted by atomic mass is 35.5. The average molecular weight is 591 g/mol. The van der Waals surface area contributed by atoms with Gasteiger partial charge in [-0.3, -0.25) is 13.9 Å². The fraction of sp³-hybridized carbons (Fsp3) is 0.310. The van der Waals surface area contributed by atoms with Crippen LogP contribution < -0.4 is 9.62 Å². The van der Waals surface area contributed by atoms with Gasteiger partial charge < -0.3 is 10.2 Å². The number of benzene rings is 3. The third kappa shape index (κ3) is 7.97. The summed E-state index contributed by atoms with van der Waals surface area (Å²) >= 11 is 12.5. The quantitative estimate of drug-likeness (QED) is 0.290. The molecule has 0 aromatic heterocycles. The van der Waals surface area contributed by atoms with Gasteiger partial charge in [0, 0.05) is 18.1 Å². The molecule has 0 saturated heterocycles. The Kier molecular flexibility index (Phi) is 10.8. The normalized spacial score (nSPS) is 12.2. The number of carbonyl (C=O) groups excluding carboxylic acids is 2. The Morgan fingerprint density at radius 1 is 0.897 bits per heavy atom. The lowest BCUT2D eigenvalue weighted by Gasteiger charge is -2.33. The Hall–Kier alpha value is -3.07. The van der Waals surface area contributed by atoms with Gasteiger partial charge in [0.2, 0.25) is 11.8 Å². The predicted octanol–water partition coefficient (Wildman–Crippen LogP) is 5.77. The van der Waals surface area contributed by atoms with Crippen LogP contribution in [0.15, 0.2) is 83.8 Å². The summed E-state index contributed by atoms with van der Waals surface area (Å²) in [6, 6.07) is 20.4. The summed E-state index contributed by atoms with van der Waals surface area (Å²) in [6.07, 6.45) is 0.334. The molecule has 0 fully saturated rings. The van der Waals surface area contributed by atoms with Gasteiger partial charge in [-0.25, -0.2) is 8.42 Å². The number of amides is 2. The van der Waals surface area contributed by atoms with E-state index in [1.807, 2.05) is 20.8 Å². The van der Waals surface area contributed by atoms with E-state index in [0.717, 1.165) is 9.87 Å². The van der Waals surface area contributed by atoms with Gasteiger partial charge in [0.1, 0.15) is 12.6 Å². The van der Waals surface area contributed by atoms with Crippen LogP contribution in [0.25, 0.3) is 0 Å². The molecule has 3 aromatic carbocycles. The van der Waals surface area contributed by atoms with Gasteiger partial charge in [-0.1, -0.05) is 86.4 Å². The predicted molar refractivity (Wildman–Crippen MR) is 156 cm³/mol. The molecule has 0 aliphatic carbocycles. The van der Waals surface area contributed by atoms with E-state index in [0.29, 0.717) is 18.0 Å². The van der Waals surface area contributed by atoms with E-state index in [-0.39, 0.29) is 34.0 Å². The minimum atomic E-state index is -4.17. The number of nitrogens with one attached hydrogen (secondary N) is 1. The highest BCUT2D eigenvalue weighted by Crippen LogP contribution is 2.30. The molecule has 0 spiro atoms. The number of anilines is 1. The largest absolute Gasteiger partial charge is 0.354 e. The zero-order valence-electron chi connectivity index (χ0n) is 22.2. The summed E-state index contributed by atoms with van der Waals surface area (Å²) in [5.74, 6) is -0.627. The van der Waals surface area contributed by atoms with E-state index in [4.69, 9.17) is 23.2 Å². The maximum atomic E-state index is 14.0. The van der Waals surface area contributed by atoms with Crippen molar-refractivity contribution in [2.45, 2.75) is 44.7 Å². The van der Waals surface area contributed by atoms with Crippen molar-refractivity contribution < 1.29 is 18.0 Å². The lowest BCUT2D eigenvalue weighted by atomic mass is 10.1. The van der Waals surface area contributed by atoms with Crippen LogP contribution in [0.5, 0.6) is 0 Å². The maximum absolute atomic E-state index is 14.0. The second-order valence-electron chi connectivity index (χ2n) is 9.49. The van der Waals surface area contributed by atoms with E-state index in [1.165, 1.54) is 17.0 Å². The maximum Gasteiger partial charge on any atom is 0.264 e. The van der Waals surface area contributed by atoms with Gasteiger partial charge in [-0.15, -0.1) is 0 Å². The molecule has 7 nitrogen and oxygen atoms in total. The molecule has 0 heterocycles. The van der Waals surface area contributed by atoms with Crippen LogP contribution in [-0.4, -0.2) is 44.3 Å². The molecule has 0 unspecified atom stereocenters. The molecule has 10 heteroatoms. The lowest BCUT2D eigenvalue weighted by Crippen LogP contribution is -2.52. The van der Waals surface area contributed by atoms with Crippen molar-refractivity contribution in [3.8, 4) is 0 Å². The van der Waals surface area contributed by atoms with Crippen molar-refractivity contribution >= 4 is 50.7 Å². The fourth-order valence-corrected chi connectivity index (χ4v) is 5.88. The van der Waals surface area contributed by atoms with Crippen LogP contribution in [0.2, 0.25) is 10.0 Å². The second kappa shape index (κ2) is 13.8. The van der Waals surface area contributed by atoms with Crippen molar-refractivity contribution in [3.63, 3.8) is 0 Å². The van der Waals surface area contributed by atoms with Crippen molar-refractivity contribution in [1.29, 1.82) is 0 Å². The number of halogens is 2. The first-order valence-corrected chi connectivity index (χ1v) is 14.9. The van der Waals surface area contributed by atoms with Crippen molar-refractivity contribution in [2.75, 3.05) is 17.4 Å². The van der Waals surface area contributed by atoms with Crippen LogP contribution in [0.3, 0.4) is 0 Å². The van der Waals surface area contributed by atoms with Crippen molar-refractivity contribution in [2.24, 2.45) is 5.92 Å². The van der Waals surface area contributed by atoms with Gasteiger partial charge in [0.05, 0.1) is 15.6 Å². The summed E-state index contributed by atoms with van der Waals surface area (Å²) < 4.78 is 28.6. The smallest absolute Gasteiger partial charge is 0.264 e. The molecule has 208 valence electrons.